The van der Waals surface area contributed by atoms with Gasteiger partial charge in [-0.25, -0.2) is 0 Å². The van der Waals surface area contributed by atoms with E-state index in [0.717, 1.165) is 12.8 Å². The van der Waals surface area contributed by atoms with Gasteiger partial charge in [-0.05, 0) is 44.5 Å². The Hall–Kier alpha value is -0.910. The number of hydrogen-bond acceptors (Lipinski definition) is 4. The second-order valence-electron chi connectivity index (χ2n) is 8.23. The quantitative estimate of drug-likeness (QED) is 0.173. The first kappa shape index (κ1) is 30.1. The predicted molar refractivity (Wildman–Crippen MR) is 134 cm³/mol. The number of rotatable bonds is 19. The van der Waals surface area contributed by atoms with E-state index in [0.29, 0.717) is 0 Å². The van der Waals surface area contributed by atoms with E-state index in [-0.39, 0.29) is 11.5 Å². The van der Waals surface area contributed by atoms with E-state index in [1.807, 2.05) is 0 Å². The van der Waals surface area contributed by atoms with Crippen molar-refractivity contribution in [3.05, 3.63) is 30.3 Å². The molecule has 0 aliphatic heterocycles. The van der Waals surface area contributed by atoms with Crippen LogP contribution in [0.25, 0.3) is 0 Å². The van der Waals surface area contributed by atoms with Crippen molar-refractivity contribution in [3.63, 3.8) is 0 Å². The summed E-state index contributed by atoms with van der Waals surface area (Å²) in [6.45, 7) is 9.38. The molecule has 0 bridgehead atoms. The molecule has 0 atom stereocenters. The van der Waals surface area contributed by atoms with E-state index in [2.05, 4.69) is 26.1 Å². The zero-order valence-electron chi connectivity index (χ0n) is 20.5. The van der Waals surface area contributed by atoms with Gasteiger partial charge in [0.1, 0.15) is 0 Å². The van der Waals surface area contributed by atoms with Crippen LogP contribution in [0.2, 0.25) is 0 Å². The highest BCUT2D eigenvalue weighted by molar-refractivity contribution is 7.86. The highest BCUT2D eigenvalue weighted by Crippen LogP contribution is 2.13. The van der Waals surface area contributed by atoms with E-state index in [1.54, 1.807) is 30.3 Å². The lowest BCUT2D eigenvalue weighted by Gasteiger charge is -2.05. The van der Waals surface area contributed by atoms with Crippen molar-refractivity contribution in [3.8, 4) is 0 Å². The van der Waals surface area contributed by atoms with Crippen LogP contribution >= 0.6 is 0 Å². The zero-order chi connectivity index (χ0) is 23.0. The first-order valence-corrected chi connectivity index (χ1v) is 14.1. The number of hydrogen-bond donors (Lipinski definition) is 1. The molecule has 0 aliphatic carbocycles. The molecule has 31 heavy (non-hydrogen) atoms. The summed E-state index contributed by atoms with van der Waals surface area (Å²) in [6, 6.07) is 8.33. The van der Waals surface area contributed by atoms with Crippen molar-refractivity contribution >= 4 is 10.1 Å². The van der Waals surface area contributed by atoms with E-state index in [1.165, 1.54) is 90.1 Å². The molecule has 0 amide bonds. The Kier molecular flexibility index (Phi) is 21.6. The van der Waals surface area contributed by atoms with Gasteiger partial charge in [-0.2, -0.15) is 8.42 Å². The minimum absolute atomic E-state index is 0.238. The SMILES string of the molecule is CCCCCCCCCCCCOS(=O)(=O)c1ccccc1.CCCCNCCCC. The van der Waals surface area contributed by atoms with Crippen LogP contribution in [-0.2, 0) is 14.3 Å². The zero-order valence-corrected chi connectivity index (χ0v) is 21.4. The average molecular weight is 456 g/mol. The van der Waals surface area contributed by atoms with Crippen molar-refractivity contribution in [1.82, 2.24) is 5.32 Å². The second-order valence-corrected chi connectivity index (χ2v) is 9.84. The first-order chi connectivity index (χ1) is 15.1. The van der Waals surface area contributed by atoms with E-state index < -0.39 is 10.1 Å². The van der Waals surface area contributed by atoms with Crippen molar-refractivity contribution in [2.75, 3.05) is 19.7 Å². The summed E-state index contributed by atoms with van der Waals surface area (Å²) in [5.74, 6) is 0. The molecule has 1 aromatic carbocycles. The number of nitrogens with one attached hydrogen (secondary N) is 1. The molecule has 0 unspecified atom stereocenters. The first-order valence-electron chi connectivity index (χ1n) is 12.7. The third kappa shape index (κ3) is 19.5. The van der Waals surface area contributed by atoms with Crippen molar-refractivity contribution in [2.45, 2.75) is 116 Å². The van der Waals surface area contributed by atoms with E-state index in [9.17, 15) is 8.42 Å². The largest absolute Gasteiger partial charge is 0.317 e. The fourth-order valence-corrected chi connectivity index (χ4v) is 4.11. The predicted octanol–water partition coefficient (Wildman–Crippen LogP) is 7.49. The van der Waals surface area contributed by atoms with Crippen LogP contribution < -0.4 is 5.32 Å². The summed E-state index contributed by atoms with van der Waals surface area (Å²) in [5, 5.41) is 3.39. The Morgan fingerprint density at radius 1 is 0.645 bits per heavy atom. The summed E-state index contributed by atoms with van der Waals surface area (Å²) < 4.78 is 28.8. The van der Waals surface area contributed by atoms with Gasteiger partial charge in [0.2, 0.25) is 0 Å². The molecule has 1 rings (SSSR count). The van der Waals surface area contributed by atoms with Gasteiger partial charge in [-0.3, -0.25) is 4.18 Å². The van der Waals surface area contributed by atoms with Crippen LogP contribution in [0, 0.1) is 0 Å². The van der Waals surface area contributed by atoms with Gasteiger partial charge >= 0.3 is 0 Å². The van der Waals surface area contributed by atoms with Crippen LogP contribution in [-0.4, -0.2) is 28.1 Å². The van der Waals surface area contributed by atoms with Gasteiger partial charge < -0.3 is 5.32 Å². The van der Waals surface area contributed by atoms with Crippen molar-refractivity contribution in [1.29, 1.82) is 0 Å². The Morgan fingerprint density at radius 3 is 1.58 bits per heavy atom. The summed E-state index contributed by atoms with van der Waals surface area (Å²) in [4.78, 5) is 0.238. The Labute approximate surface area is 193 Å². The molecule has 0 aliphatic rings. The highest BCUT2D eigenvalue weighted by Gasteiger charge is 2.13. The lowest BCUT2D eigenvalue weighted by atomic mass is 10.1. The topological polar surface area (TPSA) is 55.4 Å². The number of unbranched alkanes of at least 4 members (excludes halogenated alkanes) is 11. The van der Waals surface area contributed by atoms with Crippen LogP contribution in [0.1, 0.15) is 111 Å². The monoisotopic (exact) mass is 455 g/mol. The van der Waals surface area contributed by atoms with Gasteiger partial charge in [0, 0.05) is 0 Å². The molecule has 1 N–H and O–H groups in total. The third-order valence-corrected chi connectivity index (χ3v) is 6.51. The van der Waals surface area contributed by atoms with Crippen molar-refractivity contribution < 1.29 is 12.6 Å². The molecule has 0 aromatic heterocycles. The fourth-order valence-electron chi connectivity index (χ4n) is 3.14. The molecule has 0 saturated heterocycles. The summed E-state index contributed by atoms with van der Waals surface area (Å²) in [5.41, 5.74) is 0. The smallest absolute Gasteiger partial charge is 0.296 e. The molecule has 182 valence electrons. The molecular weight excluding hydrogens is 406 g/mol. The number of benzene rings is 1. The highest BCUT2D eigenvalue weighted by atomic mass is 32.2. The van der Waals surface area contributed by atoms with E-state index >= 15 is 0 Å². The molecule has 4 nitrogen and oxygen atoms in total. The van der Waals surface area contributed by atoms with Crippen LogP contribution in [0.3, 0.4) is 0 Å². The molecule has 1 aromatic rings. The van der Waals surface area contributed by atoms with E-state index in [4.69, 9.17) is 4.18 Å². The Balaban J connectivity index is 0.000000842. The van der Waals surface area contributed by atoms with Gasteiger partial charge in [0.15, 0.2) is 0 Å². The van der Waals surface area contributed by atoms with Crippen molar-refractivity contribution in [2.24, 2.45) is 0 Å². The molecule has 0 fully saturated rings. The maximum atomic E-state index is 11.9. The Morgan fingerprint density at radius 2 is 1.10 bits per heavy atom. The van der Waals surface area contributed by atoms with Gasteiger partial charge in [-0.15, -0.1) is 0 Å². The van der Waals surface area contributed by atoms with Crippen LogP contribution in [0.15, 0.2) is 35.2 Å². The molecule has 0 heterocycles. The lowest BCUT2D eigenvalue weighted by molar-refractivity contribution is 0.306. The molecule has 5 heteroatoms. The third-order valence-electron chi connectivity index (χ3n) is 5.18. The molecule has 0 spiro atoms. The minimum atomic E-state index is -3.57. The molecule has 0 saturated carbocycles. The fraction of sp³-hybridized carbons (Fsp3) is 0.769. The summed E-state index contributed by atoms with van der Waals surface area (Å²) in [7, 11) is -3.57. The van der Waals surface area contributed by atoms with Gasteiger partial charge in [0.05, 0.1) is 11.5 Å². The van der Waals surface area contributed by atoms with Gasteiger partial charge in [-0.1, -0.05) is 110 Å². The van der Waals surface area contributed by atoms with Gasteiger partial charge in [0.25, 0.3) is 10.1 Å². The maximum absolute atomic E-state index is 11.9. The molecular formula is C26H49NO3S. The van der Waals surface area contributed by atoms with Crippen LogP contribution in [0.4, 0.5) is 0 Å². The molecule has 0 radical (unpaired) electrons. The second kappa shape index (κ2) is 22.3. The average Bonchev–Trinajstić information content (AvgIpc) is 2.78. The summed E-state index contributed by atoms with van der Waals surface area (Å²) >= 11 is 0. The summed E-state index contributed by atoms with van der Waals surface area (Å²) in [6.07, 6.45) is 17.5. The van der Waals surface area contributed by atoms with Crippen LogP contribution in [0.5, 0.6) is 0 Å². The standard InChI is InChI=1S/C18H30O3S.C8H19N/c1-2-3-4-5-6-7-8-9-10-14-17-21-22(19,20)18-15-12-11-13-16-18;1-3-5-7-9-8-6-4-2/h11-13,15-16H,2-10,14,17H2,1H3;9H,3-8H2,1-2H3. The minimum Gasteiger partial charge on any atom is -0.317 e. The maximum Gasteiger partial charge on any atom is 0.296 e. The Bertz CT molecular complexity index is 570. The normalized spacial score (nSPS) is 11.2. The lowest BCUT2D eigenvalue weighted by Crippen LogP contribution is -2.15.